The lowest BCUT2D eigenvalue weighted by atomic mass is 10.1. The molecule has 0 fully saturated rings. The summed E-state index contributed by atoms with van der Waals surface area (Å²) in [6, 6.07) is 9.90. The molecule has 13 heteroatoms. The fourth-order valence-electron chi connectivity index (χ4n) is 4.26. The van der Waals surface area contributed by atoms with Crippen LogP contribution in [-0.2, 0) is 32.5 Å². The summed E-state index contributed by atoms with van der Waals surface area (Å²) >= 11 is 0. The van der Waals surface area contributed by atoms with E-state index in [9.17, 15) is 35.9 Å². The molecule has 1 N–H and O–H groups in total. The van der Waals surface area contributed by atoms with Crippen LogP contribution >= 0.6 is 0 Å². The lowest BCUT2D eigenvalue weighted by molar-refractivity contribution is -0.138. The van der Waals surface area contributed by atoms with E-state index >= 15 is 0 Å². The number of rotatable bonds is 5. The van der Waals surface area contributed by atoms with Gasteiger partial charge in [0.25, 0.3) is 5.56 Å². The maximum absolute atomic E-state index is 13.6. The number of aryl methyl sites for hydroxylation is 1. The monoisotopic (exact) mass is 547 g/mol. The first-order chi connectivity index (χ1) is 18.3. The summed E-state index contributed by atoms with van der Waals surface area (Å²) in [4.78, 5) is 29.9. The van der Waals surface area contributed by atoms with Gasteiger partial charge in [0.1, 0.15) is 5.52 Å². The summed E-state index contributed by atoms with van der Waals surface area (Å²) in [5, 5.41) is 4.09. The number of H-pyrrole nitrogens is 1. The molecule has 0 amide bonds. The minimum Gasteiger partial charge on any atom is -0.349 e. The molecule has 7 nitrogen and oxygen atoms in total. The number of halogens is 6. The van der Waals surface area contributed by atoms with Crippen LogP contribution in [0.15, 0.2) is 76.6 Å². The van der Waals surface area contributed by atoms with Gasteiger partial charge in [-0.25, -0.2) is 4.79 Å². The third-order valence-corrected chi connectivity index (χ3v) is 6.27. The fourth-order valence-corrected chi connectivity index (χ4v) is 4.26. The van der Waals surface area contributed by atoms with Gasteiger partial charge in [-0.15, -0.1) is 0 Å². The van der Waals surface area contributed by atoms with Gasteiger partial charge < -0.3 is 4.98 Å². The molecule has 0 saturated heterocycles. The first kappa shape index (κ1) is 26.1. The van der Waals surface area contributed by atoms with E-state index in [4.69, 9.17) is 0 Å². The van der Waals surface area contributed by atoms with Crippen LogP contribution in [0, 0.1) is 0 Å². The fraction of sp³-hybridized carbons (Fsp3) is 0.192. The van der Waals surface area contributed by atoms with E-state index in [1.165, 1.54) is 28.8 Å². The maximum Gasteiger partial charge on any atom is 0.416 e. The largest absolute Gasteiger partial charge is 0.416 e. The minimum absolute atomic E-state index is 0.0484. The number of nitrogens with zero attached hydrogens (tertiary/aromatic N) is 4. The molecular weight excluding hydrogens is 528 g/mol. The highest BCUT2D eigenvalue weighted by atomic mass is 19.4. The molecule has 0 aliphatic heterocycles. The predicted molar refractivity (Wildman–Crippen MR) is 130 cm³/mol. The number of alkyl halides is 6. The van der Waals surface area contributed by atoms with Crippen LogP contribution in [0.2, 0.25) is 0 Å². The topological polar surface area (TPSA) is 77.6 Å². The van der Waals surface area contributed by atoms with Crippen LogP contribution in [-0.4, -0.2) is 23.9 Å². The molecule has 3 heterocycles. The zero-order chi connectivity index (χ0) is 28.1. The highest BCUT2D eigenvalue weighted by molar-refractivity contribution is 5.82. The molecule has 5 rings (SSSR count). The molecule has 202 valence electrons. The summed E-state index contributed by atoms with van der Waals surface area (Å²) in [5.74, 6) is 0. The van der Waals surface area contributed by atoms with Gasteiger partial charge in [-0.1, -0.05) is 24.3 Å². The second-order valence-corrected chi connectivity index (χ2v) is 9.00. The van der Waals surface area contributed by atoms with Crippen molar-refractivity contribution in [2.75, 3.05) is 0 Å². The van der Waals surface area contributed by atoms with Gasteiger partial charge >= 0.3 is 18.0 Å². The van der Waals surface area contributed by atoms with Gasteiger partial charge in [0, 0.05) is 18.8 Å². The van der Waals surface area contributed by atoms with Crippen molar-refractivity contribution < 1.29 is 26.3 Å². The van der Waals surface area contributed by atoms with Crippen LogP contribution in [0.4, 0.5) is 26.3 Å². The van der Waals surface area contributed by atoms with Gasteiger partial charge in [0.2, 0.25) is 0 Å². The molecule has 3 aromatic heterocycles. The van der Waals surface area contributed by atoms with Crippen molar-refractivity contribution in [3.8, 4) is 11.3 Å². The summed E-state index contributed by atoms with van der Waals surface area (Å²) in [5.41, 5.74) is -1.19. The molecule has 0 unspecified atom stereocenters. The Kier molecular flexibility index (Phi) is 6.24. The number of hydrogen-bond acceptors (Lipinski definition) is 3. The zero-order valence-corrected chi connectivity index (χ0v) is 20.1. The van der Waals surface area contributed by atoms with Crippen molar-refractivity contribution in [2.24, 2.45) is 7.05 Å². The highest BCUT2D eigenvalue weighted by Crippen LogP contribution is 2.30. The Morgan fingerprint density at radius 3 is 1.77 bits per heavy atom. The van der Waals surface area contributed by atoms with E-state index in [2.05, 4.69) is 10.1 Å². The Bertz CT molecular complexity index is 1770. The van der Waals surface area contributed by atoms with Gasteiger partial charge in [0.15, 0.2) is 0 Å². The smallest absolute Gasteiger partial charge is 0.349 e. The molecule has 2 aromatic carbocycles. The van der Waals surface area contributed by atoms with E-state index in [1.807, 2.05) is 0 Å². The maximum atomic E-state index is 13.6. The molecule has 0 aliphatic rings. The molecule has 0 bridgehead atoms. The summed E-state index contributed by atoms with van der Waals surface area (Å²) in [6.45, 7) is -0.481. The van der Waals surface area contributed by atoms with Crippen molar-refractivity contribution in [3.05, 3.63) is 110 Å². The van der Waals surface area contributed by atoms with Gasteiger partial charge in [-0.05, 0) is 41.5 Å². The highest BCUT2D eigenvalue weighted by Gasteiger charge is 2.31. The Hall–Kier alpha value is -4.55. The van der Waals surface area contributed by atoms with Crippen LogP contribution in [0.1, 0.15) is 22.3 Å². The van der Waals surface area contributed by atoms with Crippen LogP contribution in [0.5, 0.6) is 0 Å². The zero-order valence-electron chi connectivity index (χ0n) is 20.1. The number of aromatic amines is 1. The summed E-state index contributed by atoms with van der Waals surface area (Å²) < 4.78 is 81.6. The number of nitrogens with one attached hydrogen (secondary N) is 1. The molecule has 0 atom stereocenters. The minimum atomic E-state index is -4.55. The Morgan fingerprint density at radius 2 is 1.31 bits per heavy atom. The van der Waals surface area contributed by atoms with E-state index in [0.29, 0.717) is 16.8 Å². The average molecular weight is 547 g/mol. The van der Waals surface area contributed by atoms with E-state index in [-0.39, 0.29) is 29.7 Å². The SMILES string of the molecule is Cn1cc(-c2cc3c([nH]2)c(=O)n(Cc2ccc(C(F)(F)F)cc2)c(=O)n3Cc2ccc(C(F)(F)F)cc2)cn1. The van der Waals surface area contributed by atoms with Crippen molar-refractivity contribution in [3.63, 3.8) is 0 Å². The molecule has 39 heavy (non-hydrogen) atoms. The normalized spacial score (nSPS) is 12.4. The average Bonchev–Trinajstić information content (AvgIpc) is 3.51. The van der Waals surface area contributed by atoms with Gasteiger partial charge in [0.05, 0.1) is 41.6 Å². The Labute approximate surface area is 215 Å². The molecule has 0 saturated carbocycles. The molecule has 0 aliphatic carbocycles. The standard InChI is InChI=1S/C26H19F6N5O2/c1-35-14-17(11-33-35)20-10-21-22(34-20)23(38)37(13-16-4-8-19(9-5-16)26(30,31)32)24(39)36(21)12-15-2-6-18(7-3-15)25(27,28)29/h2-11,14,34H,12-13H2,1H3. The molecule has 0 radical (unpaired) electrons. The van der Waals surface area contributed by atoms with Gasteiger partial charge in [-0.3, -0.25) is 18.6 Å². The van der Waals surface area contributed by atoms with Crippen molar-refractivity contribution in [2.45, 2.75) is 25.4 Å². The third-order valence-electron chi connectivity index (χ3n) is 6.27. The second-order valence-electron chi connectivity index (χ2n) is 9.00. The lowest BCUT2D eigenvalue weighted by Crippen LogP contribution is -2.40. The number of benzene rings is 2. The first-order valence-electron chi connectivity index (χ1n) is 11.5. The van der Waals surface area contributed by atoms with Gasteiger partial charge in [-0.2, -0.15) is 31.4 Å². The molecule has 0 spiro atoms. The van der Waals surface area contributed by atoms with E-state index in [1.54, 1.807) is 30.2 Å². The Balaban J connectivity index is 1.63. The first-order valence-corrected chi connectivity index (χ1v) is 11.5. The van der Waals surface area contributed by atoms with E-state index < -0.39 is 34.7 Å². The number of hydrogen-bond donors (Lipinski definition) is 1. The summed E-state index contributed by atoms with van der Waals surface area (Å²) in [6.07, 6.45) is -5.85. The lowest BCUT2D eigenvalue weighted by Gasteiger charge is -2.14. The van der Waals surface area contributed by atoms with Crippen LogP contribution in [0.25, 0.3) is 22.3 Å². The summed E-state index contributed by atoms with van der Waals surface area (Å²) in [7, 11) is 1.70. The number of fused-ring (bicyclic) bond motifs is 1. The molecular formula is C26H19F6N5O2. The quantitative estimate of drug-likeness (QED) is 0.314. The number of aromatic nitrogens is 5. The van der Waals surface area contributed by atoms with Crippen LogP contribution < -0.4 is 11.2 Å². The second kappa shape index (κ2) is 9.33. The van der Waals surface area contributed by atoms with E-state index in [0.717, 1.165) is 28.8 Å². The van der Waals surface area contributed by atoms with Crippen molar-refractivity contribution in [1.29, 1.82) is 0 Å². The Morgan fingerprint density at radius 1 is 0.795 bits per heavy atom. The predicted octanol–water partition coefficient (Wildman–Crippen LogP) is 5.03. The van der Waals surface area contributed by atoms with Crippen molar-refractivity contribution in [1.82, 2.24) is 23.9 Å². The molecule has 5 aromatic rings. The van der Waals surface area contributed by atoms with Crippen molar-refractivity contribution >= 4 is 11.0 Å². The van der Waals surface area contributed by atoms with Crippen LogP contribution in [0.3, 0.4) is 0 Å². The third kappa shape index (κ3) is 5.11.